The van der Waals surface area contributed by atoms with Crippen molar-refractivity contribution in [2.75, 3.05) is 13.1 Å². The molecule has 10 nitrogen and oxygen atoms in total. The van der Waals surface area contributed by atoms with Gasteiger partial charge in [0.25, 0.3) is 0 Å². The summed E-state index contributed by atoms with van der Waals surface area (Å²) in [6.45, 7) is 3.85. The van der Waals surface area contributed by atoms with Crippen LogP contribution in [0.3, 0.4) is 0 Å². The number of fused-ring (bicyclic) bond motifs is 1. The van der Waals surface area contributed by atoms with E-state index in [1.54, 1.807) is 24.5 Å². The lowest BCUT2D eigenvalue weighted by molar-refractivity contribution is -0.134. The molecule has 11 heteroatoms. The van der Waals surface area contributed by atoms with Crippen LogP contribution in [0.2, 0.25) is 0 Å². The van der Waals surface area contributed by atoms with Crippen LogP contribution in [-0.2, 0) is 9.59 Å². The molecule has 0 bridgehead atoms. The Balaban J connectivity index is 0.000000350. The SMILES string of the molecule is CCC(Oc1ncccn1)c1noc2cc(F)cc(C3CCNCC3)c12.O=C(O)/C=C/C(=O)O. The Labute approximate surface area is 194 Å². The van der Waals surface area contributed by atoms with Gasteiger partial charge in [0.05, 0.1) is 5.39 Å². The Kier molecular flexibility index (Phi) is 8.63. The van der Waals surface area contributed by atoms with Gasteiger partial charge >= 0.3 is 17.9 Å². The maximum Gasteiger partial charge on any atom is 0.328 e. The lowest BCUT2D eigenvalue weighted by Gasteiger charge is -2.24. The molecule has 1 aliphatic heterocycles. The van der Waals surface area contributed by atoms with Crippen molar-refractivity contribution in [3.63, 3.8) is 0 Å². The van der Waals surface area contributed by atoms with Gasteiger partial charge in [0, 0.05) is 30.6 Å². The third kappa shape index (κ3) is 6.58. The zero-order valence-electron chi connectivity index (χ0n) is 18.5. The van der Waals surface area contributed by atoms with Gasteiger partial charge in [-0.2, -0.15) is 0 Å². The van der Waals surface area contributed by atoms with Gasteiger partial charge in [0.1, 0.15) is 17.6 Å². The van der Waals surface area contributed by atoms with E-state index >= 15 is 0 Å². The molecule has 1 unspecified atom stereocenters. The number of aromatic nitrogens is 3. The molecule has 3 N–H and O–H groups in total. The first-order chi connectivity index (χ1) is 16.4. The number of rotatable bonds is 7. The molecule has 180 valence electrons. The Bertz CT molecular complexity index is 1130. The van der Waals surface area contributed by atoms with E-state index in [4.69, 9.17) is 19.5 Å². The first-order valence-corrected chi connectivity index (χ1v) is 10.8. The van der Waals surface area contributed by atoms with Crippen LogP contribution in [0.15, 0.2) is 47.3 Å². The summed E-state index contributed by atoms with van der Waals surface area (Å²) in [6, 6.07) is 5.03. The average molecular weight is 472 g/mol. The van der Waals surface area contributed by atoms with E-state index < -0.39 is 11.9 Å². The fraction of sp³-hybridized carbons (Fsp3) is 0.348. The van der Waals surface area contributed by atoms with Gasteiger partial charge in [-0.1, -0.05) is 12.1 Å². The monoisotopic (exact) mass is 472 g/mol. The predicted molar refractivity (Wildman–Crippen MR) is 119 cm³/mol. The Morgan fingerprint density at radius 1 is 1.21 bits per heavy atom. The average Bonchev–Trinajstić information content (AvgIpc) is 3.26. The van der Waals surface area contributed by atoms with Crippen LogP contribution in [0.4, 0.5) is 4.39 Å². The summed E-state index contributed by atoms with van der Waals surface area (Å²) in [7, 11) is 0. The first kappa shape index (κ1) is 24.8. The van der Waals surface area contributed by atoms with Crippen LogP contribution in [0.1, 0.15) is 49.5 Å². The van der Waals surface area contributed by atoms with Crippen molar-refractivity contribution >= 4 is 22.9 Å². The maximum atomic E-state index is 14.1. The van der Waals surface area contributed by atoms with Gasteiger partial charge in [-0.15, -0.1) is 0 Å². The standard InChI is InChI=1S/C19H21FN4O2.C4H4O4/c1-2-15(25-19-22-6-3-7-23-19)18-17-14(12-4-8-21-9-5-12)10-13(20)11-16(17)26-24-18;5-3(6)1-2-4(7)8/h3,6-7,10-12,15,21H,2,4-5,8-9H2,1H3;1-2H,(H,5,6)(H,7,8)/b;2-1+. The van der Waals surface area contributed by atoms with Crippen molar-refractivity contribution in [3.05, 3.63) is 59.8 Å². The zero-order valence-corrected chi connectivity index (χ0v) is 18.5. The van der Waals surface area contributed by atoms with Crippen LogP contribution in [0.25, 0.3) is 11.0 Å². The molecular weight excluding hydrogens is 447 g/mol. The number of carboxylic acid groups (broad SMARTS) is 2. The molecule has 1 aromatic carbocycles. The molecule has 1 fully saturated rings. The molecule has 3 heterocycles. The molecule has 3 aromatic rings. The molecule has 0 radical (unpaired) electrons. The van der Waals surface area contributed by atoms with Gasteiger partial charge in [0.15, 0.2) is 5.58 Å². The van der Waals surface area contributed by atoms with E-state index in [2.05, 4.69) is 20.4 Å². The minimum atomic E-state index is -1.26. The molecule has 4 rings (SSSR count). The van der Waals surface area contributed by atoms with E-state index in [0.717, 1.165) is 36.9 Å². The van der Waals surface area contributed by atoms with E-state index in [9.17, 15) is 14.0 Å². The summed E-state index contributed by atoms with van der Waals surface area (Å²) in [6.07, 6.45) is 6.61. The fourth-order valence-electron chi connectivity index (χ4n) is 3.72. The van der Waals surface area contributed by atoms with Crippen molar-refractivity contribution in [2.45, 2.75) is 38.2 Å². The second kappa shape index (κ2) is 11.8. The molecule has 34 heavy (non-hydrogen) atoms. The van der Waals surface area contributed by atoms with Crippen LogP contribution in [0.5, 0.6) is 6.01 Å². The third-order valence-corrected chi connectivity index (χ3v) is 5.21. The van der Waals surface area contributed by atoms with Gasteiger partial charge in [-0.25, -0.2) is 23.9 Å². The van der Waals surface area contributed by atoms with Crippen LogP contribution >= 0.6 is 0 Å². The number of ether oxygens (including phenoxy) is 1. The van der Waals surface area contributed by atoms with Crippen molar-refractivity contribution in [1.29, 1.82) is 0 Å². The van der Waals surface area contributed by atoms with Crippen LogP contribution in [0, 0.1) is 5.82 Å². The summed E-state index contributed by atoms with van der Waals surface area (Å²) in [5.74, 6) is -2.54. The fourth-order valence-corrected chi connectivity index (χ4v) is 3.72. The number of piperidine rings is 1. The molecule has 0 saturated carbocycles. The summed E-state index contributed by atoms with van der Waals surface area (Å²) in [4.78, 5) is 27.4. The minimum absolute atomic E-state index is 0.276. The van der Waals surface area contributed by atoms with Gasteiger partial charge < -0.3 is 24.8 Å². The van der Waals surface area contributed by atoms with Gasteiger partial charge in [-0.05, 0) is 56.0 Å². The zero-order chi connectivity index (χ0) is 24.5. The Morgan fingerprint density at radius 2 is 1.85 bits per heavy atom. The van der Waals surface area contributed by atoms with E-state index in [1.165, 1.54) is 6.07 Å². The molecule has 1 aliphatic rings. The largest absolute Gasteiger partial charge is 0.478 e. The molecule has 1 atom stereocenters. The molecule has 0 spiro atoms. The Morgan fingerprint density at radius 3 is 2.44 bits per heavy atom. The van der Waals surface area contributed by atoms with Crippen LogP contribution < -0.4 is 10.1 Å². The van der Waals surface area contributed by atoms with Crippen LogP contribution in [-0.4, -0.2) is 50.4 Å². The predicted octanol–water partition coefficient (Wildman–Crippen LogP) is 3.47. The quantitative estimate of drug-likeness (QED) is 0.437. The molecule has 1 saturated heterocycles. The molecule has 2 aromatic heterocycles. The number of aliphatic carboxylic acids is 2. The summed E-state index contributed by atoms with van der Waals surface area (Å²) in [5.41, 5.74) is 2.10. The van der Waals surface area contributed by atoms with E-state index in [0.29, 0.717) is 35.9 Å². The highest BCUT2D eigenvalue weighted by molar-refractivity contribution is 5.89. The van der Waals surface area contributed by atoms with Gasteiger partial charge in [-0.3, -0.25) is 0 Å². The second-order valence-corrected chi connectivity index (χ2v) is 7.52. The normalized spacial score (nSPS) is 15.0. The highest BCUT2D eigenvalue weighted by atomic mass is 19.1. The van der Waals surface area contributed by atoms with E-state index in [-0.39, 0.29) is 17.8 Å². The van der Waals surface area contributed by atoms with E-state index in [1.807, 2.05) is 6.92 Å². The second-order valence-electron chi connectivity index (χ2n) is 7.52. The van der Waals surface area contributed by atoms with Gasteiger partial charge in [0.2, 0.25) is 0 Å². The number of hydrogen-bond donors (Lipinski definition) is 3. The summed E-state index contributed by atoms with van der Waals surface area (Å²) < 4.78 is 25.5. The number of carbonyl (C=O) groups is 2. The smallest absolute Gasteiger partial charge is 0.328 e. The van der Waals surface area contributed by atoms with Crippen molar-refractivity contribution in [1.82, 2.24) is 20.4 Å². The number of nitrogens with one attached hydrogen (secondary N) is 1. The number of carboxylic acids is 2. The topological polar surface area (TPSA) is 148 Å². The number of nitrogens with zero attached hydrogens (tertiary/aromatic N) is 3. The highest BCUT2D eigenvalue weighted by Gasteiger charge is 2.27. The third-order valence-electron chi connectivity index (χ3n) is 5.21. The van der Waals surface area contributed by atoms with Crippen molar-refractivity contribution in [3.8, 4) is 6.01 Å². The summed E-state index contributed by atoms with van der Waals surface area (Å²) >= 11 is 0. The number of hydrogen-bond acceptors (Lipinski definition) is 8. The molecular formula is C23H25FN4O6. The minimum Gasteiger partial charge on any atom is -0.478 e. The number of benzene rings is 1. The highest BCUT2D eigenvalue weighted by Crippen LogP contribution is 2.37. The Hall–Kier alpha value is -3.86. The lowest BCUT2D eigenvalue weighted by Crippen LogP contribution is -2.26. The molecule has 0 amide bonds. The lowest BCUT2D eigenvalue weighted by atomic mass is 9.87. The van der Waals surface area contributed by atoms with Crippen molar-refractivity contribution < 1.29 is 33.5 Å². The van der Waals surface area contributed by atoms with Crippen molar-refractivity contribution in [2.24, 2.45) is 0 Å². The first-order valence-electron chi connectivity index (χ1n) is 10.8. The number of halogens is 1. The molecule has 0 aliphatic carbocycles. The maximum absolute atomic E-state index is 14.1. The summed E-state index contributed by atoms with van der Waals surface area (Å²) in [5, 5.41) is 24.1.